The first-order chi connectivity index (χ1) is 7.34. The van der Waals surface area contributed by atoms with Crippen LogP contribution in [0.15, 0.2) is 35.1 Å². The Balaban J connectivity index is 2.29. The minimum absolute atomic E-state index is 0.318. The Bertz CT molecular complexity index is 633. The number of nitrogens with one attached hydrogen (secondary N) is 1. The van der Waals surface area contributed by atoms with E-state index in [0.29, 0.717) is 0 Å². The molecule has 0 aliphatic carbocycles. The summed E-state index contributed by atoms with van der Waals surface area (Å²) >= 11 is 1.51. The molecule has 3 aromatic rings. The average Bonchev–Trinajstić information content (AvgIpc) is 2.82. The van der Waals surface area contributed by atoms with Crippen molar-refractivity contribution in [2.24, 2.45) is 0 Å². The molecule has 2 heterocycles. The predicted octanol–water partition coefficient (Wildman–Crippen LogP) is 1.17. The van der Waals surface area contributed by atoms with Crippen LogP contribution in [0.25, 0.3) is 15.1 Å². The van der Waals surface area contributed by atoms with Crippen LogP contribution in [0.1, 0.15) is 0 Å². The molecular weight excluding hydrogens is 212 g/mol. The normalized spacial score (nSPS) is 10.9. The number of H-pyrrole nitrogens is 1. The molecule has 0 bridgehead atoms. The van der Waals surface area contributed by atoms with Crippen molar-refractivity contribution in [2.75, 3.05) is 0 Å². The van der Waals surface area contributed by atoms with Crippen LogP contribution in [-0.2, 0) is 0 Å². The van der Waals surface area contributed by atoms with E-state index in [9.17, 15) is 4.79 Å². The number of rotatable bonds is 1. The first kappa shape index (κ1) is 8.37. The van der Waals surface area contributed by atoms with Gasteiger partial charge in [-0.1, -0.05) is 18.2 Å². The van der Waals surface area contributed by atoms with Crippen LogP contribution >= 0.6 is 11.3 Å². The molecule has 2 aromatic heterocycles. The number of hydrogen-bond donors (Lipinski definition) is 1. The van der Waals surface area contributed by atoms with E-state index in [4.69, 9.17) is 0 Å². The van der Waals surface area contributed by atoms with Gasteiger partial charge in [-0.25, -0.2) is 9.89 Å². The van der Waals surface area contributed by atoms with Gasteiger partial charge < -0.3 is 0 Å². The second-order valence-electron chi connectivity index (χ2n) is 3.04. The Labute approximate surface area is 88.0 Å². The highest BCUT2D eigenvalue weighted by atomic mass is 32.1. The van der Waals surface area contributed by atoms with Crippen molar-refractivity contribution < 1.29 is 0 Å². The van der Waals surface area contributed by atoms with Crippen LogP contribution in [0.5, 0.6) is 0 Å². The number of tetrazole rings is 1. The number of aromatic amines is 1. The summed E-state index contributed by atoms with van der Waals surface area (Å²) in [6, 6.07) is 9.86. The first-order valence-electron chi connectivity index (χ1n) is 4.34. The lowest BCUT2D eigenvalue weighted by atomic mass is 10.3. The van der Waals surface area contributed by atoms with E-state index in [-0.39, 0.29) is 5.69 Å². The molecule has 0 radical (unpaired) electrons. The van der Waals surface area contributed by atoms with Gasteiger partial charge >= 0.3 is 5.69 Å². The SMILES string of the molecule is O=c1[nH]nnn1-c1cc2ccccc2s1. The standard InChI is InChI=1S/C9H6N4OS/c14-9-10-11-12-13(9)8-5-6-3-1-2-4-7(6)15-8/h1-5H,(H,10,12,14). The lowest BCUT2D eigenvalue weighted by molar-refractivity contribution is 0.790. The van der Waals surface area contributed by atoms with E-state index in [0.717, 1.165) is 15.1 Å². The monoisotopic (exact) mass is 218 g/mol. The molecule has 6 heteroatoms. The molecule has 1 aromatic carbocycles. The van der Waals surface area contributed by atoms with Gasteiger partial charge in [0.05, 0.1) is 0 Å². The maximum Gasteiger partial charge on any atom is 0.366 e. The topological polar surface area (TPSA) is 63.6 Å². The summed E-state index contributed by atoms with van der Waals surface area (Å²) in [5, 5.41) is 11.3. The molecule has 0 unspecified atom stereocenters. The van der Waals surface area contributed by atoms with Gasteiger partial charge in [0.15, 0.2) is 0 Å². The number of aromatic nitrogens is 4. The number of fused-ring (bicyclic) bond motifs is 1. The van der Waals surface area contributed by atoms with E-state index in [1.54, 1.807) is 0 Å². The van der Waals surface area contributed by atoms with Crippen LogP contribution in [-0.4, -0.2) is 20.2 Å². The fourth-order valence-electron chi connectivity index (χ4n) is 1.41. The minimum Gasteiger partial charge on any atom is -0.244 e. The molecule has 0 aliphatic rings. The van der Waals surface area contributed by atoms with Crippen molar-refractivity contribution in [3.63, 3.8) is 0 Å². The van der Waals surface area contributed by atoms with Gasteiger partial charge in [0.25, 0.3) is 0 Å². The third-order valence-corrected chi connectivity index (χ3v) is 3.19. The van der Waals surface area contributed by atoms with E-state index < -0.39 is 0 Å². The molecule has 1 N–H and O–H groups in total. The molecular formula is C9H6N4OS. The average molecular weight is 218 g/mol. The molecule has 0 atom stereocenters. The molecule has 0 aliphatic heterocycles. The van der Waals surface area contributed by atoms with Crippen LogP contribution in [0, 0.1) is 0 Å². The van der Waals surface area contributed by atoms with Crippen molar-refractivity contribution in [1.29, 1.82) is 0 Å². The van der Waals surface area contributed by atoms with Crippen molar-refractivity contribution in [1.82, 2.24) is 20.2 Å². The Morgan fingerprint density at radius 3 is 2.93 bits per heavy atom. The fourth-order valence-corrected chi connectivity index (χ4v) is 2.42. The smallest absolute Gasteiger partial charge is 0.244 e. The molecule has 3 rings (SSSR count). The van der Waals surface area contributed by atoms with Crippen molar-refractivity contribution in [2.45, 2.75) is 0 Å². The quantitative estimate of drug-likeness (QED) is 0.666. The van der Waals surface area contributed by atoms with E-state index >= 15 is 0 Å². The molecule has 0 saturated heterocycles. The second kappa shape index (κ2) is 3.03. The fraction of sp³-hybridized carbons (Fsp3) is 0. The molecule has 0 spiro atoms. The lowest BCUT2D eigenvalue weighted by Gasteiger charge is -1.87. The second-order valence-corrected chi connectivity index (χ2v) is 4.10. The Hall–Kier alpha value is -1.95. The van der Waals surface area contributed by atoms with E-state index in [1.807, 2.05) is 30.3 Å². The zero-order valence-electron chi connectivity index (χ0n) is 7.54. The number of benzene rings is 1. The van der Waals surface area contributed by atoms with E-state index in [2.05, 4.69) is 15.5 Å². The predicted molar refractivity (Wildman–Crippen MR) is 57.4 cm³/mol. The minimum atomic E-state index is -0.318. The molecule has 0 saturated carbocycles. The largest absolute Gasteiger partial charge is 0.366 e. The number of thiophene rings is 1. The lowest BCUT2D eigenvalue weighted by Crippen LogP contribution is -2.14. The van der Waals surface area contributed by atoms with Gasteiger partial charge in [0.2, 0.25) is 0 Å². The maximum absolute atomic E-state index is 11.3. The third-order valence-electron chi connectivity index (χ3n) is 2.09. The van der Waals surface area contributed by atoms with Crippen molar-refractivity contribution in [3.8, 4) is 5.00 Å². The highest BCUT2D eigenvalue weighted by molar-refractivity contribution is 7.21. The summed E-state index contributed by atoms with van der Waals surface area (Å²) in [7, 11) is 0. The Kier molecular flexibility index (Phi) is 1.69. The summed E-state index contributed by atoms with van der Waals surface area (Å²) in [6.45, 7) is 0. The molecule has 15 heavy (non-hydrogen) atoms. The van der Waals surface area contributed by atoms with Gasteiger partial charge in [-0.15, -0.1) is 11.3 Å². The molecule has 5 nitrogen and oxygen atoms in total. The zero-order chi connectivity index (χ0) is 10.3. The summed E-state index contributed by atoms with van der Waals surface area (Å²) in [5.41, 5.74) is -0.318. The summed E-state index contributed by atoms with van der Waals surface area (Å²) < 4.78 is 2.38. The highest BCUT2D eigenvalue weighted by Gasteiger charge is 2.06. The van der Waals surface area contributed by atoms with Gasteiger partial charge in [-0.3, -0.25) is 0 Å². The summed E-state index contributed by atoms with van der Waals surface area (Å²) in [6.07, 6.45) is 0. The highest BCUT2D eigenvalue weighted by Crippen LogP contribution is 2.26. The third kappa shape index (κ3) is 1.26. The van der Waals surface area contributed by atoms with Crippen molar-refractivity contribution >= 4 is 21.4 Å². The van der Waals surface area contributed by atoms with Gasteiger partial charge in [-0.05, 0) is 27.9 Å². The van der Waals surface area contributed by atoms with E-state index in [1.165, 1.54) is 16.0 Å². The Morgan fingerprint density at radius 2 is 2.20 bits per heavy atom. The molecule has 74 valence electrons. The molecule has 0 fully saturated rings. The van der Waals surface area contributed by atoms with Crippen LogP contribution < -0.4 is 5.69 Å². The Morgan fingerprint density at radius 1 is 1.33 bits per heavy atom. The zero-order valence-corrected chi connectivity index (χ0v) is 8.36. The maximum atomic E-state index is 11.3. The van der Waals surface area contributed by atoms with Gasteiger partial charge in [0.1, 0.15) is 5.00 Å². The van der Waals surface area contributed by atoms with Gasteiger partial charge in [0, 0.05) is 4.70 Å². The van der Waals surface area contributed by atoms with Crippen LogP contribution in [0.2, 0.25) is 0 Å². The van der Waals surface area contributed by atoms with Crippen LogP contribution in [0.4, 0.5) is 0 Å². The van der Waals surface area contributed by atoms with Crippen molar-refractivity contribution in [3.05, 3.63) is 40.8 Å². The van der Waals surface area contributed by atoms with Gasteiger partial charge in [-0.2, -0.15) is 4.68 Å². The first-order valence-corrected chi connectivity index (χ1v) is 5.15. The summed E-state index contributed by atoms with van der Waals surface area (Å²) in [4.78, 5) is 11.3. The number of hydrogen-bond acceptors (Lipinski definition) is 4. The summed E-state index contributed by atoms with van der Waals surface area (Å²) in [5.74, 6) is 0. The van der Waals surface area contributed by atoms with Crippen LogP contribution in [0.3, 0.4) is 0 Å². The molecule has 0 amide bonds. The number of nitrogens with zero attached hydrogens (tertiary/aromatic N) is 3.